The van der Waals surface area contributed by atoms with Crippen molar-refractivity contribution in [3.05, 3.63) is 78.6 Å². The first-order valence-electron chi connectivity index (χ1n) is 10.3. The van der Waals surface area contributed by atoms with Gasteiger partial charge in [0.25, 0.3) is 5.91 Å². The Hall–Kier alpha value is -3.38. The predicted molar refractivity (Wildman–Crippen MR) is 116 cm³/mol. The fourth-order valence-electron chi connectivity index (χ4n) is 3.95. The molecule has 0 unspecified atom stereocenters. The summed E-state index contributed by atoms with van der Waals surface area (Å²) in [7, 11) is 0. The minimum Gasteiger partial charge on any atom is -0.484 e. The van der Waals surface area contributed by atoms with Crippen molar-refractivity contribution in [2.45, 2.75) is 6.54 Å². The van der Waals surface area contributed by atoms with E-state index in [9.17, 15) is 4.79 Å². The molecular formula is C24H24N4O2. The highest BCUT2D eigenvalue weighted by atomic mass is 16.5. The van der Waals surface area contributed by atoms with E-state index in [0.717, 1.165) is 47.4 Å². The van der Waals surface area contributed by atoms with Gasteiger partial charge in [0.05, 0.1) is 11.2 Å². The van der Waals surface area contributed by atoms with Crippen LogP contribution in [0.15, 0.2) is 72.9 Å². The van der Waals surface area contributed by atoms with E-state index in [4.69, 9.17) is 4.74 Å². The van der Waals surface area contributed by atoms with Gasteiger partial charge in [-0.25, -0.2) is 4.52 Å². The lowest BCUT2D eigenvalue weighted by molar-refractivity contribution is -0.135. The lowest BCUT2D eigenvalue weighted by Gasteiger charge is -2.34. The Morgan fingerprint density at radius 2 is 1.70 bits per heavy atom. The zero-order valence-corrected chi connectivity index (χ0v) is 16.8. The summed E-state index contributed by atoms with van der Waals surface area (Å²) in [6, 6.07) is 22.2. The normalized spacial score (nSPS) is 15.0. The fraction of sp³-hybridized carbons (Fsp3) is 0.250. The monoisotopic (exact) mass is 400 g/mol. The summed E-state index contributed by atoms with van der Waals surface area (Å²) >= 11 is 0. The van der Waals surface area contributed by atoms with Crippen molar-refractivity contribution < 1.29 is 9.53 Å². The number of amides is 1. The lowest BCUT2D eigenvalue weighted by atomic mass is 10.1. The number of aromatic nitrogens is 2. The molecule has 4 aromatic rings. The summed E-state index contributed by atoms with van der Waals surface area (Å²) in [5.74, 6) is 0.767. The number of rotatable bonds is 5. The van der Waals surface area contributed by atoms with Crippen LogP contribution >= 0.6 is 0 Å². The first-order chi connectivity index (χ1) is 14.7. The van der Waals surface area contributed by atoms with Crippen LogP contribution in [-0.2, 0) is 11.3 Å². The molecule has 0 N–H and O–H groups in total. The van der Waals surface area contributed by atoms with E-state index in [-0.39, 0.29) is 12.5 Å². The molecule has 30 heavy (non-hydrogen) atoms. The number of benzene rings is 2. The molecule has 0 radical (unpaired) electrons. The van der Waals surface area contributed by atoms with Gasteiger partial charge in [0.15, 0.2) is 6.61 Å². The van der Waals surface area contributed by atoms with Crippen molar-refractivity contribution in [2.75, 3.05) is 32.8 Å². The summed E-state index contributed by atoms with van der Waals surface area (Å²) in [5, 5.41) is 6.90. The Morgan fingerprint density at radius 3 is 2.53 bits per heavy atom. The van der Waals surface area contributed by atoms with Crippen LogP contribution in [0.1, 0.15) is 5.69 Å². The van der Waals surface area contributed by atoms with Crippen molar-refractivity contribution in [1.29, 1.82) is 0 Å². The van der Waals surface area contributed by atoms with Gasteiger partial charge < -0.3 is 9.64 Å². The zero-order chi connectivity index (χ0) is 20.3. The third-order valence-corrected chi connectivity index (χ3v) is 5.61. The van der Waals surface area contributed by atoms with Gasteiger partial charge in [0.1, 0.15) is 5.75 Å². The molecular weight excluding hydrogens is 376 g/mol. The van der Waals surface area contributed by atoms with Crippen LogP contribution in [0.2, 0.25) is 0 Å². The molecule has 5 rings (SSSR count). The fourth-order valence-corrected chi connectivity index (χ4v) is 3.95. The number of pyridine rings is 1. The molecule has 0 aliphatic carbocycles. The minimum atomic E-state index is 0.0375. The number of ether oxygens (including phenoxy) is 1. The van der Waals surface area contributed by atoms with Crippen LogP contribution in [0, 0.1) is 0 Å². The maximum absolute atomic E-state index is 12.6. The smallest absolute Gasteiger partial charge is 0.260 e. The third-order valence-electron chi connectivity index (χ3n) is 5.61. The van der Waals surface area contributed by atoms with E-state index in [0.29, 0.717) is 13.1 Å². The summed E-state index contributed by atoms with van der Waals surface area (Å²) in [4.78, 5) is 16.8. The van der Waals surface area contributed by atoms with E-state index in [1.807, 2.05) is 64.1 Å². The Morgan fingerprint density at radius 1 is 0.900 bits per heavy atom. The molecule has 2 aromatic carbocycles. The Balaban J connectivity index is 1.12. The maximum Gasteiger partial charge on any atom is 0.260 e. The van der Waals surface area contributed by atoms with Gasteiger partial charge in [-0.15, -0.1) is 0 Å². The van der Waals surface area contributed by atoms with Crippen LogP contribution in [-0.4, -0.2) is 58.1 Å². The van der Waals surface area contributed by atoms with Crippen LogP contribution in [0.3, 0.4) is 0 Å². The topological polar surface area (TPSA) is 50.1 Å². The summed E-state index contributed by atoms with van der Waals surface area (Å²) in [5.41, 5.74) is 2.16. The van der Waals surface area contributed by atoms with Gasteiger partial charge in [0, 0.05) is 38.9 Å². The zero-order valence-electron chi connectivity index (χ0n) is 16.8. The second-order valence-electron chi connectivity index (χ2n) is 7.66. The first-order valence-corrected chi connectivity index (χ1v) is 10.3. The maximum atomic E-state index is 12.6. The van der Waals surface area contributed by atoms with Gasteiger partial charge in [0.2, 0.25) is 0 Å². The number of hydrogen-bond acceptors (Lipinski definition) is 4. The molecule has 2 aromatic heterocycles. The molecule has 3 heterocycles. The van der Waals surface area contributed by atoms with Gasteiger partial charge in [-0.2, -0.15) is 5.10 Å². The lowest BCUT2D eigenvalue weighted by Crippen LogP contribution is -2.49. The number of carbonyl (C=O) groups excluding carboxylic acids is 1. The molecule has 6 heteroatoms. The van der Waals surface area contributed by atoms with E-state index < -0.39 is 0 Å². The quantitative estimate of drug-likeness (QED) is 0.516. The molecule has 6 nitrogen and oxygen atoms in total. The van der Waals surface area contributed by atoms with E-state index in [1.54, 1.807) is 0 Å². The van der Waals surface area contributed by atoms with Crippen LogP contribution in [0.25, 0.3) is 16.3 Å². The molecule has 0 atom stereocenters. The molecule has 152 valence electrons. The Labute approximate surface area is 175 Å². The predicted octanol–water partition coefficient (Wildman–Crippen LogP) is 3.21. The first kappa shape index (κ1) is 18.6. The molecule has 1 amide bonds. The highest BCUT2D eigenvalue weighted by molar-refractivity contribution is 5.84. The average Bonchev–Trinajstić information content (AvgIpc) is 3.20. The standard InChI is InChI=1S/C24H24N4O2/c29-24(18-30-23-9-8-19-5-1-2-6-20(19)15-23)27-13-11-26(12-14-27)17-21-16-22-7-3-4-10-28(22)25-21/h1-10,15-16H,11-14,17-18H2. The van der Waals surface area contributed by atoms with E-state index >= 15 is 0 Å². The summed E-state index contributed by atoms with van der Waals surface area (Å²) in [6.07, 6.45) is 1.96. The highest BCUT2D eigenvalue weighted by Crippen LogP contribution is 2.20. The molecule has 0 bridgehead atoms. The number of piperazine rings is 1. The molecule has 1 fully saturated rings. The summed E-state index contributed by atoms with van der Waals surface area (Å²) in [6.45, 7) is 3.99. The molecule has 0 spiro atoms. The van der Waals surface area contributed by atoms with Gasteiger partial charge in [-0.05, 0) is 41.1 Å². The number of hydrogen-bond donors (Lipinski definition) is 0. The van der Waals surface area contributed by atoms with E-state index in [1.165, 1.54) is 0 Å². The second kappa shape index (κ2) is 8.16. The SMILES string of the molecule is O=C(COc1ccc2ccccc2c1)N1CCN(Cc2cc3ccccn3n2)CC1. The summed E-state index contributed by atoms with van der Waals surface area (Å²) < 4.78 is 7.67. The largest absolute Gasteiger partial charge is 0.484 e. The van der Waals surface area contributed by atoms with Gasteiger partial charge in [-0.1, -0.05) is 36.4 Å². The van der Waals surface area contributed by atoms with E-state index in [2.05, 4.69) is 28.2 Å². The van der Waals surface area contributed by atoms with Gasteiger partial charge >= 0.3 is 0 Å². The van der Waals surface area contributed by atoms with Gasteiger partial charge in [-0.3, -0.25) is 9.69 Å². The Bertz CT molecular complexity index is 1140. The average molecular weight is 400 g/mol. The van der Waals surface area contributed by atoms with Crippen molar-refractivity contribution in [2.24, 2.45) is 0 Å². The highest BCUT2D eigenvalue weighted by Gasteiger charge is 2.22. The van der Waals surface area contributed by atoms with Crippen molar-refractivity contribution in [1.82, 2.24) is 19.4 Å². The van der Waals surface area contributed by atoms with Crippen molar-refractivity contribution in [3.63, 3.8) is 0 Å². The molecule has 0 saturated carbocycles. The van der Waals surface area contributed by atoms with Crippen LogP contribution < -0.4 is 4.74 Å². The van der Waals surface area contributed by atoms with Crippen LogP contribution in [0.4, 0.5) is 0 Å². The molecule has 1 saturated heterocycles. The minimum absolute atomic E-state index is 0.0375. The van der Waals surface area contributed by atoms with Crippen molar-refractivity contribution in [3.8, 4) is 5.75 Å². The van der Waals surface area contributed by atoms with Crippen LogP contribution in [0.5, 0.6) is 5.75 Å². The third kappa shape index (κ3) is 4.00. The second-order valence-corrected chi connectivity index (χ2v) is 7.66. The number of carbonyl (C=O) groups is 1. The molecule has 1 aliphatic heterocycles. The Kier molecular flexibility index (Phi) is 5.07. The van der Waals surface area contributed by atoms with Crippen molar-refractivity contribution >= 4 is 22.2 Å². The number of fused-ring (bicyclic) bond motifs is 2. The number of nitrogens with zero attached hydrogens (tertiary/aromatic N) is 4. The molecule has 1 aliphatic rings.